The first kappa shape index (κ1) is 24.0. The van der Waals surface area contributed by atoms with E-state index in [0.717, 1.165) is 36.8 Å². The minimum Gasteiger partial charge on any atom is -0.352 e. The van der Waals surface area contributed by atoms with Gasteiger partial charge in [-0.2, -0.15) is 0 Å². The number of nitrogens with one attached hydrogen (secondary N) is 1. The number of hydrogen-bond acceptors (Lipinski definition) is 3. The van der Waals surface area contributed by atoms with Crippen LogP contribution in [0.25, 0.3) is 0 Å². The molecule has 31 heavy (non-hydrogen) atoms. The Kier molecular flexibility index (Phi) is 9.12. The normalized spacial score (nSPS) is 14.9. The molecule has 1 atom stereocenters. The Labute approximate surface area is 198 Å². The Morgan fingerprint density at radius 3 is 2.35 bits per heavy atom. The third-order valence-electron chi connectivity index (χ3n) is 5.60. The number of benzene rings is 2. The van der Waals surface area contributed by atoms with Gasteiger partial charge >= 0.3 is 0 Å². The van der Waals surface area contributed by atoms with Gasteiger partial charge in [-0.05, 0) is 43.0 Å². The number of carbonyl (C=O) groups excluding carboxylic acids is 2. The van der Waals surface area contributed by atoms with E-state index >= 15 is 0 Å². The van der Waals surface area contributed by atoms with Gasteiger partial charge in [0.15, 0.2) is 0 Å². The van der Waals surface area contributed by atoms with Crippen LogP contribution in [0.15, 0.2) is 48.5 Å². The highest BCUT2D eigenvalue weighted by atomic mass is 35.5. The molecule has 0 spiro atoms. The molecule has 0 saturated heterocycles. The molecule has 0 unspecified atom stereocenters. The van der Waals surface area contributed by atoms with E-state index in [1.807, 2.05) is 30.3 Å². The molecule has 7 heteroatoms. The number of rotatable bonds is 9. The zero-order valence-corrected chi connectivity index (χ0v) is 20.0. The SMILES string of the molecule is C[C@H](C(=O)NC1CCCC1)N(Cc1ccccc1)C(=O)CSCc1c(Cl)cccc1Cl. The van der Waals surface area contributed by atoms with E-state index in [0.29, 0.717) is 22.3 Å². The van der Waals surface area contributed by atoms with Gasteiger partial charge in [-0.1, -0.05) is 72.4 Å². The molecule has 3 rings (SSSR count). The summed E-state index contributed by atoms with van der Waals surface area (Å²) in [5.41, 5.74) is 1.82. The monoisotopic (exact) mass is 478 g/mol. The van der Waals surface area contributed by atoms with E-state index < -0.39 is 6.04 Å². The van der Waals surface area contributed by atoms with Gasteiger partial charge in [-0.25, -0.2) is 0 Å². The van der Waals surface area contributed by atoms with Gasteiger partial charge in [-0.3, -0.25) is 9.59 Å². The molecule has 2 aromatic carbocycles. The molecule has 0 bridgehead atoms. The average molecular weight is 479 g/mol. The van der Waals surface area contributed by atoms with Gasteiger partial charge in [0.25, 0.3) is 0 Å². The summed E-state index contributed by atoms with van der Waals surface area (Å²) < 4.78 is 0. The number of hydrogen-bond donors (Lipinski definition) is 1. The minimum absolute atomic E-state index is 0.0777. The molecule has 0 aromatic heterocycles. The number of halogens is 2. The molecule has 0 radical (unpaired) electrons. The lowest BCUT2D eigenvalue weighted by Crippen LogP contribution is -2.50. The quantitative estimate of drug-likeness (QED) is 0.502. The molecule has 2 amide bonds. The van der Waals surface area contributed by atoms with Gasteiger partial charge in [-0.15, -0.1) is 11.8 Å². The van der Waals surface area contributed by atoms with Crippen molar-refractivity contribution in [2.75, 3.05) is 5.75 Å². The summed E-state index contributed by atoms with van der Waals surface area (Å²) in [6.07, 6.45) is 4.32. The van der Waals surface area contributed by atoms with E-state index in [2.05, 4.69) is 5.32 Å². The van der Waals surface area contributed by atoms with Crippen LogP contribution in [0.3, 0.4) is 0 Å². The van der Waals surface area contributed by atoms with Crippen molar-refractivity contribution in [2.24, 2.45) is 0 Å². The topological polar surface area (TPSA) is 49.4 Å². The van der Waals surface area contributed by atoms with Gasteiger partial charge in [0.1, 0.15) is 6.04 Å². The second-order valence-corrected chi connectivity index (χ2v) is 9.67. The van der Waals surface area contributed by atoms with Crippen molar-refractivity contribution < 1.29 is 9.59 Å². The molecule has 0 heterocycles. The molecular weight excluding hydrogens is 451 g/mol. The summed E-state index contributed by atoms with van der Waals surface area (Å²) in [6, 6.07) is 14.8. The van der Waals surface area contributed by atoms with Crippen LogP contribution in [-0.2, 0) is 21.9 Å². The lowest BCUT2D eigenvalue weighted by molar-refractivity contribution is -0.138. The highest BCUT2D eigenvalue weighted by Crippen LogP contribution is 2.28. The molecule has 0 aliphatic heterocycles. The smallest absolute Gasteiger partial charge is 0.242 e. The maximum atomic E-state index is 13.1. The fourth-order valence-corrected chi connectivity index (χ4v) is 5.40. The predicted molar refractivity (Wildman–Crippen MR) is 129 cm³/mol. The van der Waals surface area contributed by atoms with Crippen LogP contribution < -0.4 is 5.32 Å². The van der Waals surface area contributed by atoms with Crippen LogP contribution in [0, 0.1) is 0 Å². The number of carbonyl (C=O) groups is 2. The van der Waals surface area contributed by atoms with E-state index in [1.54, 1.807) is 30.0 Å². The molecule has 166 valence electrons. The van der Waals surface area contributed by atoms with Crippen molar-refractivity contribution in [3.63, 3.8) is 0 Å². The van der Waals surface area contributed by atoms with Gasteiger partial charge in [0.05, 0.1) is 5.75 Å². The van der Waals surface area contributed by atoms with E-state index in [-0.39, 0.29) is 23.6 Å². The molecule has 1 aliphatic rings. The zero-order valence-electron chi connectivity index (χ0n) is 17.7. The van der Waals surface area contributed by atoms with Crippen LogP contribution in [0.1, 0.15) is 43.7 Å². The molecule has 2 aromatic rings. The van der Waals surface area contributed by atoms with Crippen LogP contribution in [0.4, 0.5) is 0 Å². The fourth-order valence-electron chi connectivity index (χ4n) is 3.75. The second-order valence-electron chi connectivity index (χ2n) is 7.87. The summed E-state index contributed by atoms with van der Waals surface area (Å²) >= 11 is 13.9. The van der Waals surface area contributed by atoms with E-state index in [1.165, 1.54) is 11.8 Å². The average Bonchev–Trinajstić information content (AvgIpc) is 3.27. The van der Waals surface area contributed by atoms with Crippen molar-refractivity contribution in [1.29, 1.82) is 0 Å². The maximum Gasteiger partial charge on any atom is 0.242 e. The highest BCUT2D eigenvalue weighted by Gasteiger charge is 2.28. The molecule has 1 aliphatic carbocycles. The molecule has 4 nitrogen and oxygen atoms in total. The van der Waals surface area contributed by atoms with Crippen molar-refractivity contribution in [1.82, 2.24) is 10.2 Å². The van der Waals surface area contributed by atoms with Gasteiger partial charge in [0, 0.05) is 28.4 Å². The third kappa shape index (κ3) is 6.90. The van der Waals surface area contributed by atoms with Crippen LogP contribution in [-0.4, -0.2) is 34.6 Å². The van der Waals surface area contributed by atoms with Crippen LogP contribution in [0.2, 0.25) is 10.0 Å². The molecule has 1 saturated carbocycles. The fraction of sp³-hybridized carbons (Fsp3) is 0.417. The third-order valence-corrected chi connectivity index (χ3v) is 7.25. The number of amides is 2. The van der Waals surface area contributed by atoms with Gasteiger partial charge in [0.2, 0.25) is 11.8 Å². The van der Waals surface area contributed by atoms with Crippen molar-refractivity contribution in [2.45, 2.75) is 57.0 Å². The lowest BCUT2D eigenvalue weighted by atomic mass is 10.1. The maximum absolute atomic E-state index is 13.1. The molecular formula is C24H28Cl2N2O2S. The Hall–Kier alpha value is -1.69. The standard InChI is InChI=1S/C24H28Cl2N2O2S/c1-17(24(30)27-19-10-5-6-11-19)28(14-18-8-3-2-4-9-18)23(29)16-31-15-20-21(25)12-7-13-22(20)26/h2-4,7-9,12-13,17,19H,5-6,10-11,14-16H2,1H3,(H,27,30)/t17-/m1/s1. The molecule has 1 N–H and O–H groups in total. The summed E-state index contributed by atoms with van der Waals surface area (Å²) in [7, 11) is 0. The summed E-state index contributed by atoms with van der Waals surface area (Å²) in [5, 5.41) is 4.31. The van der Waals surface area contributed by atoms with Gasteiger partial charge < -0.3 is 10.2 Å². The Morgan fingerprint density at radius 2 is 1.71 bits per heavy atom. The molecule has 1 fully saturated rings. The largest absolute Gasteiger partial charge is 0.352 e. The Morgan fingerprint density at radius 1 is 1.06 bits per heavy atom. The minimum atomic E-state index is -0.544. The van der Waals surface area contributed by atoms with Crippen molar-refractivity contribution in [3.8, 4) is 0 Å². The van der Waals surface area contributed by atoms with Crippen LogP contribution >= 0.6 is 35.0 Å². The first-order valence-corrected chi connectivity index (χ1v) is 12.5. The summed E-state index contributed by atoms with van der Waals surface area (Å²) in [6.45, 7) is 2.20. The number of nitrogens with zero attached hydrogens (tertiary/aromatic N) is 1. The Bertz CT molecular complexity index is 868. The van der Waals surface area contributed by atoms with Crippen molar-refractivity contribution in [3.05, 3.63) is 69.7 Å². The first-order chi connectivity index (χ1) is 15.0. The Balaban J connectivity index is 1.65. The lowest BCUT2D eigenvalue weighted by Gasteiger charge is -2.29. The first-order valence-electron chi connectivity index (χ1n) is 10.6. The number of thioether (sulfide) groups is 1. The van der Waals surface area contributed by atoms with Crippen LogP contribution in [0.5, 0.6) is 0 Å². The highest BCUT2D eigenvalue weighted by molar-refractivity contribution is 7.99. The van der Waals surface area contributed by atoms with Crippen molar-refractivity contribution >= 4 is 46.8 Å². The summed E-state index contributed by atoms with van der Waals surface area (Å²) in [4.78, 5) is 27.7. The zero-order chi connectivity index (χ0) is 22.2. The summed E-state index contributed by atoms with van der Waals surface area (Å²) in [5.74, 6) is 0.614. The van der Waals surface area contributed by atoms with E-state index in [9.17, 15) is 9.59 Å². The second kappa shape index (κ2) is 11.8. The predicted octanol–water partition coefficient (Wildman–Crippen LogP) is 5.70. The van der Waals surface area contributed by atoms with E-state index in [4.69, 9.17) is 23.2 Å².